The van der Waals surface area contributed by atoms with Crippen LogP contribution in [0.1, 0.15) is 29.2 Å². The molecule has 0 spiro atoms. The van der Waals surface area contributed by atoms with Crippen molar-refractivity contribution in [2.75, 3.05) is 13.7 Å². The Kier molecular flexibility index (Phi) is 5.45. The van der Waals surface area contributed by atoms with Crippen LogP contribution in [0.4, 0.5) is 0 Å². The minimum absolute atomic E-state index is 0.377. The summed E-state index contributed by atoms with van der Waals surface area (Å²) in [5, 5.41) is 10.1. The molecule has 3 nitrogen and oxygen atoms in total. The largest absolute Gasteiger partial charge is 0.508 e. The lowest BCUT2D eigenvalue weighted by atomic mass is 10.0. The summed E-state index contributed by atoms with van der Waals surface area (Å²) in [7, 11) is 2.06. The molecule has 22 heavy (non-hydrogen) atoms. The molecule has 2 aromatic rings. The van der Waals surface area contributed by atoms with Gasteiger partial charge in [0, 0.05) is 18.7 Å². The van der Waals surface area contributed by atoms with Crippen LogP contribution in [0, 0.1) is 13.8 Å². The third kappa shape index (κ3) is 4.25. The van der Waals surface area contributed by atoms with Crippen LogP contribution in [-0.2, 0) is 13.1 Å². The van der Waals surface area contributed by atoms with E-state index in [1.54, 1.807) is 0 Å². The Morgan fingerprint density at radius 3 is 2.27 bits per heavy atom. The second-order valence-corrected chi connectivity index (χ2v) is 5.81. The van der Waals surface area contributed by atoms with Crippen LogP contribution in [-0.4, -0.2) is 23.7 Å². The maximum Gasteiger partial charge on any atom is 0.120 e. The molecule has 0 amide bonds. The molecule has 0 aliphatic carbocycles. The summed E-state index contributed by atoms with van der Waals surface area (Å²) in [5.74, 6) is 1.28. The van der Waals surface area contributed by atoms with Gasteiger partial charge < -0.3 is 9.84 Å². The lowest BCUT2D eigenvalue weighted by Gasteiger charge is -2.18. The number of nitrogens with zero attached hydrogens (tertiary/aromatic N) is 1. The van der Waals surface area contributed by atoms with Crippen molar-refractivity contribution in [1.82, 2.24) is 4.90 Å². The number of phenolic OH excluding ortho intramolecular Hbond substituents is 1. The van der Waals surface area contributed by atoms with Gasteiger partial charge in [0.2, 0.25) is 0 Å². The van der Waals surface area contributed by atoms with Crippen LogP contribution in [0.2, 0.25) is 0 Å². The molecule has 0 bridgehead atoms. The molecule has 118 valence electrons. The molecule has 0 aliphatic rings. The van der Waals surface area contributed by atoms with Crippen molar-refractivity contribution in [1.29, 1.82) is 0 Å². The monoisotopic (exact) mass is 299 g/mol. The van der Waals surface area contributed by atoms with Gasteiger partial charge in [-0.05, 0) is 62.7 Å². The Balaban J connectivity index is 2.00. The summed E-state index contributed by atoms with van der Waals surface area (Å²) in [6, 6.07) is 12.1. The molecule has 0 radical (unpaired) electrons. The molecule has 2 aromatic carbocycles. The van der Waals surface area contributed by atoms with Crippen molar-refractivity contribution in [3.8, 4) is 11.5 Å². The van der Waals surface area contributed by atoms with Gasteiger partial charge in [-0.15, -0.1) is 0 Å². The van der Waals surface area contributed by atoms with Gasteiger partial charge in [-0.1, -0.05) is 18.2 Å². The van der Waals surface area contributed by atoms with Crippen LogP contribution < -0.4 is 4.74 Å². The summed E-state index contributed by atoms with van der Waals surface area (Å²) in [4.78, 5) is 2.19. The summed E-state index contributed by atoms with van der Waals surface area (Å²) < 4.78 is 5.45. The molecule has 0 fully saturated rings. The molecule has 0 saturated carbocycles. The average molecular weight is 299 g/mol. The standard InChI is InChI=1S/C19H25NO2/c1-5-22-18-8-6-16(7-9-18)12-20(4)13-17-10-14(2)15(3)11-19(17)21/h6-11,21H,5,12-13H2,1-4H3. The molecule has 1 N–H and O–H groups in total. The van der Waals surface area contributed by atoms with Crippen LogP contribution >= 0.6 is 0 Å². The second-order valence-electron chi connectivity index (χ2n) is 5.81. The molecule has 0 atom stereocenters. The van der Waals surface area contributed by atoms with E-state index >= 15 is 0 Å². The first-order valence-corrected chi connectivity index (χ1v) is 7.69. The predicted octanol–water partition coefficient (Wildman–Crippen LogP) is 4.04. The van der Waals surface area contributed by atoms with E-state index in [9.17, 15) is 5.11 Å². The van der Waals surface area contributed by atoms with Crippen molar-refractivity contribution in [2.45, 2.75) is 33.9 Å². The van der Waals surface area contributed by atoms with E-state index in [-0.39, 0.29) is 0 Å². The number of aromatic hydroxyl groups is 1. The number of phenols is 1. The van der Waals surface area contributed by atoms with Crippen LogP contribution in [0.5, 0.6) is 11.5 Å². The number of hydrogen-bond donors (Lipinski definition) is 1. The molecule has 0 saturated heterocycles. The fourth-order valence-corrected chi connectivity index (χ4v) is 2.50. The van der Waals surface area contributed by atoms with Crippen molar-refractivity contribution in [3.05, 3.63) is 58.7 Å². The molecule has 0 aromatic heterocycles. The number of aryl methyl sites for hydroxylation is 2. The zero-order valence-electron chi connectivity index (χ0n) is 13.9. The van der Waals surface area contributed by atoms with E-state index in [1.807, 2.05) is 32.0 Å². The smallest absolute Gasteiger partial charge is 0.120 e. The molecule has 0 unspecified atom stereocenters. The van der Waals surface area contributed by atoms with Gasteiger partial charge in [-0.3, -0.25) is 4.90 Å². The SMILES string of the molecule is CCOc1ccc(CN(C)Cc2cc(C)c(C)cc2O)cc1. The maximum atomic E-state index is 10.1. The number of hydrogen-bond acceptors (Lipinski definition) is 3. The zero-order valence-corrected chi connectivity index (χ0v) is 13.9. The van der Waals surface area contributed by atoms with Gasteiger partial charge in [-0.2, -0.15) is 0 Å². The average Bonchev–Trinajstić information content (AvgIpc) is 2.47. The normalized spacial score (nSPS) is 11.0. The van der Waals surface area contributed by atoms with Crippen LogP contribution in [0.15, 0.2) is 36.4 Å². The fraction of sp³-hybridized carbons (Fsp3) is 0.368. The van der Waals surface area contributed by atoms with Gasteiger partial charge in [0.25, 0.3) is 0 Å². The Bertz CT molecular complexity index is 620. The first-order valence-electron chi connectivity index (χ1n) is 7.69. The van der Waals surface area contributed by atoms with E-state index in [2.05, 4.69) is 37.1 Å². The Morgan fingerprint density at radius 2 is 1.64 bits per heavy atom. The Morgan fingerprint density at radius 1 is 1.00 bits per heavy atom. The van der Waals surface area contributed by atoms with E-state index in [1.165, 1.54) is 11.1 Å². The first kappa shape index (κ1) is 16.4. The molecule has 0 heterocycles. The highest BCUT2D eigenvalue weighted by Crippen LogP contribution is 2.23. The van der Waals surface area contributed by atoms with Crippen LogP contribution in [0.3, 0.4) is 0 Å². The van der Waals surface area contributed by atoms with Crippen molar-refractivity contribution < 1.29 is 9.84 Å². The molecular formula is C19H25NO2. The fourth-order valence-electron chi connectivity index (χ4n) is 2.50. The van der Waals surface area contributed by atoms with Gasteiger partial charge >= 0.3 is 0 Å². The Hall–Kier alpha value is -2.00. The highest BCUT2D eigenvalue weighted by atomic mass is 16.5. The quantitative estimate of drug-likeness (QED) is 0.874. The molecular weight excluding hydrogens is 274 g/mol. The third-order valence-electron chi connectivity index (χ3n) is 3.82. The van der Waals surface area contributed by atoms with Gasteiger partial charge in [0.05, 0.1) is 6.61 Å². The summed E-state index contributed by atoms with van der Waals surface area (Å²) in [6.45, 7) is 8.31. The van der Waals surface area contributed by atoms with Gasteiger partial charge in [0.15, 0.2) is 0 Å². The molecule has 2 rings (SSSR count). The highest BCUT2D eigenvalue weighted by molar-refractivity contribution is 5.40. The highest BCUT2D eigenvalue weighted by Gasteiger charge is 2.08. The predicted molar refractivity (Wildman–Crippen MR) is 90.4 cm³/mol. The molecule has 0 aliphatic heterocycles. The van der Waals surface area contributed by atoms with Crippen molar-refractivity contribution in [3.63, 3.8) is 0 Å². The maximum absolute atomic E-state index is 10.1. The van der Waals surface area contributed by atoms with Gasteiger partial charge in [0.1, 0.15) is 11.5 Å². The van der Waals surface area contributed by atoms with E-state index in [0.29, 0.717) is 12.4 Å². The third-order valence-corrected chi connectivity index (χ3v) is 3.82. The minimum atomic E-state index is 0.377. The number of ether oxygens (including phenoxy) is 1. The molecule has 3 heteroatoms. The Labute approximate surface area is 133 Å². The first-order chi connectivity index (χ1) is 10.5. The lowest BCUT2D eigenvalue weighted by Crippen LogP contribution is -2.17. The van der Waals surface area contributed by atoms with E-state index in [4.69, 9.17) is 4.74 Å². The van der Waals surface area contributed by atoms with E-state index in [0.717, 1.165) is 30.0 Å². The topological polar surface area (TPSA) is 32.7 Å². The van der Waals surface area contributed by atoms with Gasteiger partial charge in [-0.25, -0.2) is 0 Å². The van der Waals surface area contributed by atoms with Crippen molar-refractivity contribution >= 4 is 0 Å². The zero-order chi connectivity index (χ0) is 16.1. The number of benzene rings is 2. The number of rotatable bonds is 6. The summed E-state index contributed by atoms with van der Waals surface area (Å²) in [5.41, 5.74) is 4.53. The summed E-state index contributed by atoms with van der Waals surface area (Å²) >= 11 is 0. The van der Waals surface area contributed by atoms with Crippen LogP contribution in [0.25, 0.3) is 0 Å². The lowest BCUT2D eigenvalue weighted by molar-refractivity contribution is 0.311. The van der Waals surface area contributed by atoms with Crippen molar-refractivity contribution in [2.24, 2.45) is 0 Å². The minimum Gasteiger partial charge on any atom is -0.508 e. The second kappa shape index (κ2) is 7.32. The summed E-state index contributed by atoms with van der Waals surface area (Å²) in [6.07, 6.45) is 0. The van der Waals surface area contributed by atoms with E-state index < -0.39 is 0 Å².